The van der Waals surface area contributed by atoms with Crippen LogP contribution in [0.2, 0.25) is 0 Å². The van der Waals surface area contributed by atoms with Crippen LogP contribution in [0.1, 0.15) is 11.3 Å². The fourth-order valence-corrected chi connectivity index (χ4v) is 1.72. The van der Waals surface area contributed by atoms with Crippen LogP contribution < -0.4 is 5.43 Å². The minimum absolute atomic E-state index is 0.00866. The smallest absolute Gasteiger partial charge is 0.196 e. The number of aryl methyl sites for hydroxylation is 1. The van der Waals surface area contributed by atoms with Gasteiger partial charge in [0, 0.05) is 10.5 Å². The quantitative estimate of drug-likeness (QED) is 0.672. The summed E-state index contributed by atoms with van der Waals surface area (Å²) in [6, 6.07) is 5.39. The van der Waals surface area contributed by atoms with E-state index < -0.39 is 0 Å². The molecule has 2 rings (SSSR count). The predicted octanol–water partition coefficient (Wildman–Crippen LogP) is 2.70. The molecule has 0 saturated carbocycles. The van der Waals surface area contributed by atoms with Crippen LogP contribution in [0.3, 0.4) is 0 Å². The Morgan fingerprint density at radius 3 is 2.71 bits per heavy atom. The maximum atomic E-state index is 11.9. The van der Waals surface area contributed by atoms with Crippen molar-refractivity contribution < 1.29 is 4.42 Å². The van der Waals surface area contributed by atoms with Gasteiger partial charge in [-0.3, -0.25) is 4.79 Å². The molecule has 0 aliphatic heterocycles. The average Bonchev–Trinajstić information content (AvgIpc) is 2.14. The highest BCUT2D eigenvalue weighted by Gasteiger charge is 2.09. The van der Waals surface area contributed by atoms with E-state index in [1.165, 1.54) is 0 Å². The molecule has 0 amide bonds. The molecule has 0 radical (unpaired) electrons. The summed E-state index contributed by atoms with van der Waals surface area (Å²) in [4.78, 5) is 12.5. The van der Waals surface area contributed by atoms with E-state index in [2.05, 4.69) is 12.6 Å². The van der Waals surface area contributed by atoms with E-state index in [4.69, 9.17) is 4.42 Å². The Morgan fingerprint density at radius 2 is 2.00 bits per heavy atom. The third kappa shape index (κ3) is 1.24. The van der Waals surface area contributed by atoms with Gasteiger partial charge in [-0.1, -0.05) is 6.07 Å². The maximum absolute atomic E-state index is 11.9. The van der Waals surface area contributed by atoms with Crippen LogP contribution >= 0.6 is 12.6 Å². The van der Waals surface area contributed by atoms with Gasteiger partial charge in [0.05, 0.1) is 5.39 Å². The molecule has 14 heavy (non-hydrogen) atoms. The van der Waals surface area contributed by atoms with Crippen molar-refractivity contribution >= 4 is 23.6 Å². The summed E-state index contributed by atoms with van der Waals surface area (Å²) in [5, 5.41) is 0.568. The zero-order valence-electron chi connectivity index (χ0n) is 8.00. The number of benzene rings is 1. The monoisotopic (exact) mass is 206 g/mol. The lowest BCUT2D eigenvalue weighted by Gasteiger charge is -2.03. The highest BCUT2D eigenvalue weighted by molar-refractivity contribution is 7.80. The van der Waals surface area contributed by atoms with E-state index in [9.17, 15) is 4.79 Å². The summed E-state index contributed by atoms with van der Waals surface area (Å²) in [7, 11) is 0. The molecule has 0 fully saturated rings. The van der Waals surface area contributed by atoms with Crippen LogP contribution in [-0.4, -0.2) is 0 Å². The number of fused-ring (bicyclic) bond motifs is 1. The van der Waals surface area contributed by atoms with E-state index in [1.807, 2.05) is 6.07 Å². The van der Waals surface area contributed by atoms with E-state index >= 15 is 0 Å². The molecule has 0 spiro atoms. The Balaban J connectivity index is 3.07. The fourth-order valence-electron chi connectivity index (χ4n) is 1.42. The van der Waals surface area contributed by atoms with Gasteiger partial charge < -0.3 is 4.42 Å². The van der Waals surface area contributed by atoms with Gasteiger partial charge in [0.25, 0.3) is 0 Å². The molecule has 0 saturated heterocycles. The lowest BCUT2D eigenvalue weighted by atomic mass is 10.1. The molecule has 2 aromatic rings. The van der Waals surface area contributed by atoms with Gasteiger partial charge in [-0.15, -0.1) is 12.6 Å². The minimum Gasteiger partial charge on any atom is -0.461 e. The van der Waals surface area contributed by atoms with Gasteiger partial charge in [-0.05, 0) is 26.0 Å². The summed E-state index contributed by atoms with van der Waals surface area (Å²) < 4.78 is 5.51. The molecular formula is C11H10O2S. The van der Waals surface area contributed by atoms with Crippen molar-refractivity contribution in [1.29, 1.82) is 0 Å². The van der Waals surface area contributed by atoms with Crippen molar-refractivity contribution in [1.82, 2.24) is 0 Å². The normalized spacial score (nSPS) is 10.8. The number of hydrogen-bond acceptors (Lipinski definition) is 3. The van der Waals surface area contributed by atoms with Crippen molar-refractivity contribution in [2.45, 2.75) is 18.7 Å². The van der Waals surface area contributed by atoms with Crippen LogP contribution in [-0.2, 0) is 0 Å². The zero-order chi connectivity index (χ0) is 10.3. The molecular weight excluding hydrogens is 196 g/mol. The van der Waals surface area contributed by atoms with Gasteiger partial charge in [0.2, 0.25) is 0 Å². The average molecular weight is 206 g/mol. The second-order valence-corrected chi connectivity index (χ2v) is 3.74. The first kappa shape index (κ1) is 9.34. The number of thiol groups is 1. The molecule has 0 unspecified atom stereocenters. The molecule has 0 atom stereocenters. The Bertz CT molecular complexity index is 555. The van der Waals surface area contributed by atoms with Crippen LogP contribution in [0, 0.1) is 13.8 Å². The largest absolute Gasteiger partial charge is 0.461 e. The van der Waals surface area contributed by atoms with Gasteiger partial charge in [0.1, 0.15) is 11.3 Å². The standard InChI is InChI=1S/C11H10O2S/c1-6-7(2)13-8-4-3-5-9(14)10(8)11(6)12/h3-5,14H,1-2H3. The van der Waals surface area contributed by atoms with Gasteiger partial charge in [-0.2, -0.15) is 0 Å². The van der Waals surface area contributed by atoms with E-state index in [-0.39, 0.29) is 5.43 Å². The Morgan fingerprint density at radius 1 is 1.29 bits per heavy atom. The molecule has 3 heteroatoms. The molecule has 1 aromatic heterocycles. The van der Waals surface area contributed by atoms with Crippen LogP contribution in [0.4, 0.5) is 0 Å². The van der Waals surface area contributed by atoms with E-state index in [1.54, 1.807) is 26.0 Å². The lowest BCUT2D eigenvalue weighted by Crippen LogP contribution is -2.07. The molecule has 1 heterocycles. The highest BCUT2D eigenvalue weighted by Crippen LogP contribution is 2.20. The van der Waals surface area contributed by atoms with Gasteiger partial charge >= 0.3 is 0 Å². The second-order valence-electron chi connectivity index (χ2n) is 3.26. The van der Waals surface area contributed by atoms with Crippen LogP contribution in [0.25, 0.3) is 11.0 Å². The topological polar surface area (TPSA) is 30.2 Å². The molecule has 0 aliphatic rings. The number of rotatable bonds is 0. The summed E-state index contributed by atoms with van der Waals surface area (Å²) in [5.74, 6) is 0.668. The van der Waals surface area contributed by atoms with E-state index in [0.29, 0.717) is 27.2 Å². The van der Waals surface area contributed by atoms with Crippen molar-refractivity contribution in [2.24, 2.45) is 0 Å². The molecule has 0 N–H and O–H groups in total. The minimum atomic E-state index is 0.00866. The predicted molar refractivity (Wildman–Crippen MR) is 59.2 cm³/mol. The molecule has 0 aliphatic carbocycles. The fraction of sp³-hybridized carbons (Fsp3) is 0.182. The van der Waals surface area contributed by atoms with Crippen molar-refractivity contribution in [2.75, 3.05) is 0 Å². The molecule has 0 bridgehead atoms. The maximum Gasteiger partial charge on any atom is 0.196 e. The molecule has 72 valence electrons. The Hall–Kier alpha value is -1.22. The highest BCUT2D eigenvalue weighted by atomic mass is 32.1. The van der Waals surface area contributed by atoms with Crippen LogP contribution in [0.15, 0.2) is 32.3 Å². The summed E-state index contributed by atoms with van der Waals surface area (Å²) >= 11 is 4.24. The molecule has 1 aromatic carbocycles. The Kier molecular flexibility index (Phi) is 2.11. The SMILES string of the molecule is Cc1oc2cccc(S)c2c(=O)c1C. The van der Waals surface area contributed by atoms with Gasteiger partial charge in [-0.25, -0.2) is 0 Å². The first-order chi connectivity index (χ1) is 6.61. The molecule has 2 nitrogen and oxygen atoms in total. The lowest BCUT2D eigenvalue weighted by molar-refractivity contribution is 0.558. The van der Waals surface area contributed by atoms with Crippen LogP contribution in [0.5, 0.6) is 0 Å². The first-order valence-corrected chi connectivity index (χ1v) is 4.78. The number of hydrogen-bond donors (Lipinski definition) is 1. The zero-order valence-corrected chi connectivity index (χ0v) is 8.89. The van der Waals surface area contributed by atoms with Crippen molar-refractivity contribution in [3.63, 3.8) is 0 Å². The Labute approximate surface area is 87.0 Å². The third-order valence-electron chi connectivity index (χ3n) is 2.36. The van der Waals surface area contributed by atoms with Crippen molar-refractivity contribution in [3.05, 3.63) is 39.7 Å². The second kappa shape index (κ2) is 3.17. The van der Waals surface area contributed by atoms with Crippen molar-refractivity contribution in [3.8, 4) is 0 Å². The summed E-state index contributed by atoms with van der Waals surface area (Å²) in [6.45, 7) is 3.56. The summed E-state index contributed by atoms with van der Waals surface area (Å²) in [5.41, 5.74) is 1.26. The van der Waals surface area contributed by atoms with Gasteiger partial charge in [0.15, 0.2) is 5.43 Å². The summed E-state index contributed by atoms with van der Waals surface area (Å²) in [6.07, 6.45) is 0. The van der Waals surface area contributed by atoms with E-state index in [0.717, 1.165) is 0 Å². The first-order valence-electron chi connectivity index (χ1n) is 4.33. The third-order valence-corrected chi connectivity index (χ3v) is 2.74.